The molecule has 4 aromatic rings. The molecule has 0 radical (unpaired) electrons. The largest absolute Gasteiger partial charge is 0.507 e. The fourth-order valence-electron chi connectivity index (χ4n) is 3.64. The van der Waals surface area contributed by atoms with E-state index in [1.165, 1.54) is 0 Å². The van der Waals surface area contributed by atoms with Crippen LogP contribution >= 0.6 is 0 Å². The van der Waals surface area contributed by atoms with Gasteiger partial charge >= 0.3 is 0 Å². The number of benzene rings is 2. The van der Waals surface area contributed by atoms with Crippen LogP contribution in [0.25, 0.3) is 33.3 Å². The highest BCUT2D eigenvalue weighted by Crippen LogP contribution is 2.36. The highest BCUT2D eigenvalue weighted by molar-refractivity contribution is 5.99. The number of phenols is 1. The van der Waals surface area contributed by atoms with Crippen LogP contribution in [0.3, 0.4) is 0 Å². The van der Waals surface area contributed by atoms with E-state index in [2.05, 4.69) is 15.3 Å². The van der Waals surface area contributed by atoms with Gasteiger partial charge in [0.15, 0.2) is 0 Å². The molecule has 3 N–H and O–H groups in total. The number of phenolic OH excluding ortho intramolecular Hbond substituents is 1. The van der Waals surface area contributed by atoms with Crippen LogP contribution in [0.2, 0.25) is 0 Å². The predicted molar refractivity (Wildman–Crippen MR) is 126 cm³/mol. The minimum Gasteiger partial charge on any atom is -0.507 e. The number of methoxy groups -OCH3 is 1. The van der Waals surface area contributed by atoms with Gasteiger partial charge in [-0.3, -0.25) is 4.79 Å². The molecule has 0 fully saturated rings. The van der Waals surface area contributed by atoms with Gasteiger partial charge in [-0.1, -0.05) is 24.3 Å². The van der Waals surface area contributed by atoms with Crippen molar-refractivity contribution >= 4 is 16.9 Å². The Labute approximate surface area is 186 Å². The van der Waals surface area contributed by atoms with Crippen LogP contribution in [-0.2, 0) is 0 Å². The van der Waals surface area contributed by atoms with Crippen LogP contribution in [0, 0.1) is 0 Å². The number of carbonyl (C=O) groups excluding carboxylic acids is 1. The zero-order valence-corrected chi connectivity index (χ0v) is 18.3. The smallest absolute Gasteiger partial charge is 0.255 e. The number of nitrogens with zero attached hydrogens (tertiary/aromatic N) is 2. The number of nitrogens with one attached hydrogen (secondary N) is 2. The lowest BCUT2D eigenvalue weighted by atomic mass is 10.00. The number of aromatic hydroxyl groups is 1. The van der Waals surface area contributed by atoms with Crippen LogP contribution in [0.15, 0.2) is 60.9 Å². The van der Waals surface area contributed by atoms with Gasteiger partial charge in [0.25, 0.3) is 5.91 Å². The zero-order valence-electron chi connectivity index (χ0n) is 18.3. The Morgan fingerprint density at radius 3 is 2.72 bits per heavy atom. The molecule has 7 heteroatoms. The third kappa shape index (κ3) is 4.29. The number of pyridine rings is 1. The maximum atomic E-state index is 12.6. The molecule has 32 heavy (non-hydrogen) atoms. The van der Waals surface area contributed by atoms with E-state index in [-0.39, 0.29) is 17.2 Å². The highest BCUT2D eigenvalue weighted by Gasteiger charge is 2.15. The van der Waals surface area contributed by atoms with E-state index < -0.39 is 0 Å². The first-order chi connectivity index (χ1) is 15.5. The normalized spacial score (nSPS) is 11.1. The molecule has 0 unspecified atom stereocenters. The summed E-state index contributed by atoms with van der Waals surface area (Å²) in [6.45, 7) is 1.21. The number of H-pyrrole nitrogens is 1. The first-order valence-corrected chi connectivity index (χ1v) is 10.3. The Kier molecular flexibility index (Phi) is 6.09. The van der Waals surface area contributed by atoms with Gasteiger partial charge in [0, 0.05) is 47.6 Å². The van der Waals surface area contributed by atoms with E-state index in [0.717, 1.165) is 39.0 Å². The van der Waals surface area contributed by atoms with Crippen molar-refractivity contribution in [2.75, 3.05) is 34.3 Å². The number of rotatable bonds is 7. The van der Waals surface area contributed by atoms with Crippen molar-refractivity contribution in [3.05, 3.63) is 66.5 Å². The molecule has 2 heterocycles. The molecule has 0 aliphatic carbocycles. The number of hydrogen-bond donors (Lipinski definition) is 3. The Morgan fingerprint density at radius 2 is 1.94 bits per heavy atom. The van der Waals surface area contributed by atoms with Gasteiger partial charge in [0.05, 0.1) is 12.7 Å². The molecule has 0 saturated carbocycles. The molecule has 2 aromatic carbocycles. The fourth-order valence-corrected chi connectivity index (χ4v) is 3.64. The number of likely N-dealkylation sites (N-methyl/N-ethyl adjacent to an activating group) is 1. The molecule has 7 nitrogen and oxygen atoms in total. The number of amides is 1. The van der Waals surface area contributed by atoms with Crippen LogP contribution in [0.1, 0.15) is 10.4 Å². The van der Waals surface area contributed by atoms with Gasteiger partial charge in [-0.25, -0.2) is 4.98 Å². The number of para-hydroxylation sites is 1. The molecule has 2 aromatic heterocycles. The second-order valence-electron chi connectivity index (χ2n) is 7.81. The Bertz CT molecular complexity index is 1260. The summed E-state index contributed by atoms with van der Waals surface area (Å²) in [5, 5.41) is 14.0. The van der Waals surface area contributed by atoms with Crippen LogP contribution in [0.5, 0.6) is 11.5 Å². The van der Waals surface area contributed by atoms with Crippen molar-refractivity contribution in [3.8, 4) is 33.8 Å². The van der Waals surface area contributed by atoms with Crippen LogP contribution in [0.4, 0.5) is 0 Å². The summed E-state index contributed by atoms with van der Waals surface area (Å²) in [6, 6.07) is 14.9. The molecule has 0 aliphatic rings. The van der Waals surface area contributed by atoms with Gasteiger partial charge in [0.1, 0.15) is 17.1 Å². The zero-order chi connectivity index (χ0) is 22.7. The first-order valence-electron chi connectivity index (χ1n) is 10.3. The SMILES string of the molecule is COc1ccccc1-c1c[nH]c2ncc(-c3ccc(O)c(C(=O)NCCN(C)C)c3)cc12. The highest BCUT2D eigenvalue weighted by atomic mass is 16.5. The summed E-state index contributed by atoms with van der Waals surface area (Å²) < 4.78 is 5.53. The average molecular weight is 431 g/mol. The lowest BCUT2D eigenvalue weighted by Gasteiger charge is -2.12. The van der Waals surface area contributed by atoms with E-state index in [1.807, 2.05) is 55.5 Å². The molecule has 4 rings (SSSR count). The van der Waals surface area contributed by atoms with Gasteiger partial charge in [-0.2, -0.15) is 0 Å². The number of aromatic amines is 1. The average Bonchev–Trinajstić information content (AvgIpc) is 3.22. The van der Waals surface area contributed by atoms with Crippen LogP contribution in [-0.4, -0.2) is 60.2 Å². The van der Waals surface area contributed by atoms with Gasteiger partial charge in [-0.15, -0.1) is 0 Å². The van der Waals surface area contributed by atoms with Crippen molar-refractivity contribution in [2.24, 2.45) is 0 Å². The summed E-state index contributed by atoms with van der Waals surface area (Å²) in [7, 11) is 5.53. The van der Waals surface area contributed by atoms with Crippen molar-refractivity contribution in [3.63, 3.8) is 0 Å². The van der Waals surface area contributed by atoms with E-state index in [1.54, 1.807) is 31.5 Å². The Hall–Kier alpha value is -3.84. The number of fused-ring (bicyclic) bond motifs is 1. The van der Waals surface area contributed by atoms with Crippen molar-refractivity contribution in [1.29, 1.82) is 0 Å². The molecule has 1 amide bonds. The Balaban J connectivity index is 1.71. The van der Waals surface area contributed by atoms with Gasteiger partial charge < -0.3 is 25.0 Å². The monoisotopic (exact) mass is 430 g/mol. The number of hydrogen-bond acceptors (Lipinski definition) is 5. The molecular formula is C25H26N4O3. The van der Waals surface area contributed by atoms with E-state index >= 15 is 0 Å². The topological polar surface area (TPSA) is 90.5 Å². The van der Waals surface area contributed by atoms with E-state index in [4.69, 9.17) is 4.74 Å². The summed E-state index contributed by atoms with van der Waals surface area (Å²) in [5.41, 5.74) is 4.58. The minimum atomic E-state index is -0.309. The maximum absolute atomic E-state index is 12.6. The summed E-state index contributed by atoms with van der Waals surface area (Å²) in [4.78, 5) is 22.3. The summed E-state index contributed by atoms with van der Waals surface area (Å²) in [6.07, 6.45) is 3.67. The molecular weight excluding hydrogens is 404 g/mol. The lowest BCUT2D eigenvalue weighted by Crippen LogP contribution is -2.31. The fraction of sp³-hybridized carbons (Fsp3) is 0.200. The summed E-state index contributed by atoms with van der Waals surface area (Å²) >= 11 is 0. The molecule has 0 aliphatic heterocycles. The number of aromatic nitrogens is 2. The lowest BCUT2D eigenvalue weighted by molar-refractivity contribution is 0.0948. The Morgan fingerprint density at radius 1 is 1.12 bits per heavy atom. The van der Waals surface area contributed by atoms with E-state index in [0.29, 0.717) is 13.1 Å². The van der Waals surface area contributed by atoms with Gasteiger partial charge in [0.2, 0.25) is 0 Å². The maximum Gasteiger partial charge on any atom is 0.255 e. The molecule has 0 saturated heterocycles. The van der Waals surface area contributed by atoms with Gasteiger partial charge in [-0.05, 0) is 43.9 Å². The predicted octanol–water partition coefficient (Wildman–Crippen LogP) is 3.90. The number of carbonyl (C=O) groups is 1. The second kappa shape index (κ2) is 9.11. The second-order valence-corrected chi connectivity index (χ2v) is 7.81. The molecule has 164 valence electrons. The number of ether oxygens (including phenoxy) is 1. The van der Waals surface area contributed by atoms with Crippen molar-refractivity contribution < 1.29 is 14.6 Å². The third-order valence-corrected chi connectivity index (χ3v) is 5.35. The third-order valence-electron chi connectivity index (χ3n) is 5.35. The first kappa shape index (κ1) is 21.4. The van der Waals surface area contributed by atoms with Crippen molar-refractivity contribution in [2.45, 2.75) is 0 Å². The standard InChI is InChI=1S/C25H26N4O3/c1-29(2)11-10-26-25(31)20-12-16(8-9-22(20)30)17-13-19-21(15-28-24(19)27-14-17)18-6-4-5-7-23(18)32-3/h4-9,12-15,30H,10-11H2,1-3H3,(H,26,31)(H,27,28). The van der Waals surface area contributed by atoms with Crippen LogP contribution < -0.4 is 10.1 Å². The summed E-state index contributed by atoms with van der Waals surface area (Å²) in [5.74, 6) is 0.415. The molecule has 0 atom stereocenters. The molecule has 0 spiro atoms. The van der Waals surface area contributed by atoms with E-state index in [9.17, 15) is 9.90 Å². The van der Waals surface area contributed by atoms with Crippen molar-refractivity contribution in [1.82, 2.24) is 20.2 Å². The molecule has 0 bridgehead atoms. The minimum absolute atomic E-state index is 0.0542. The quantitative estimate of drug-likeness (QED) is 0.414.